The molecule has 1 aliphatic rings. The molecule has 0 spiro atoms. The highest BCUT2D eigenvalue weighted by Gasteiger charge is 2.25. The molecule has 0 aromatic heterocycles. The number of phenols is 2. The first-order valence-electron chi connectivity index (χ1n) is 8.16. The van der Waals surface area contributed by atoms with Gasteiger partial charge in [0.15, 0.2) is 0 Å². The second-order valence-corrected chi connectivity index (χ2v) is 6.58. The standard InChI is InChI=1S/C18H24B2O2/c1-3-4-8-18(19,20)14-10-15(21)17(16(22)11-14)13-7-5-6-12(2)9-13/h9-11,13,21-22H,3-8H2,1-2H3. The Kier molecular flexibility index (Phi) is 5.31. The quantitative estimate of drug-likeness (QED) is 0.636. The Bertz CT molecular complexity index is 541. The molecule has 1 aromatic rings. The summed E-state index contributed by atoms with van der Waals surface area (Å²) >= 11 is 0. The highest BCUT2D eigenvalue weighted by molar-refractivity contribution is 6.40. The maximum absolute atomic E-state index is 10.4. The maximum Gasteiger partial charge on any atom is 0.123 e. The van der Waals surface area contributed by atoms with Gasteiger partial charge in [0, 0.05) is 11.5 Å². The highest BCUT2D eigenvalue weighted by Crippen LogP contribution is 2.42. The number of aromatic hydroxyl groups is 2. The number of phenolic OH excluding ortho intramolecular Hbond substituents is 2. The third kappa shape index (κ3) is 3.71. The summed E-state index contributed by atoms with van der Waals surface area (Å²) in [4.78, 5) is 0. The van der Waals surface area contributed by atoms with Crippen LogP contribution in [0.4, 0.5) is 0 Å². The Morgan fingerprint density at radius 1 is 1.23 bits per heavy atom. The highest BCUT2D eigenvalue weighted by atomic mass is 16.3. The van der Waals surface area contributed by atoms with Crippen LogP contribution in [0.2, 0.25) is 0 Å². The predicted molar refractivity (Wildman–Crippen MR) is 92.8 cm³/mol. The first kappa shape index (κ1) is 17.1. The summed E-state index contributed by atoms with van der Waals surface area (Å²) in [6, 6.07) is 3.23. The minimum absolute atomic E-state index is 0.0587. The molecule has 2 rings (SSSR count). The summed E-state index contributed by atoms with van der Waals surface area (Å²) < 4.78 is 0. The predicted octanol–water partition coefficient (Wildman–Crippen LogP) is 3.99. The average molecular weight is 294 g/mol. The van der Waals surface area contributed by atoms with Crippen molar-refractivity contribution in [1.29, 1.82) is 0 Å². The van der Waals surface area contributed by atoms with Crippen LogP contribution in [-0.4, -0.2) is 25.9 Å². The minimum atomic E-state index is -1.03. The summed E-state index contributed by atoms with van der Waals surface area (Å²) in [5, 5.41) is 19.8. The average Bonchev–Trinajstić information content (AvgIpc) is 2.44. The number of unbranched alkanes of at least 4 members (excludes halogenated alkanes) is 1. The lowest BCUT2D eigenvalue weighted by atomic mass is 9.49. The normalized spacial score (nSPS) is 19.0. The fourth-order valence-electron chi connectivity index (χ4n) is 3.22. The molecule has 0 bridgehead atoms. The summed E-state index contributed by atoms with van der Waals surface area (Å²) in [5.41, 5.74) is 2.47. The van der Waals surface area contributed by atoms with E-state index < -0.39 is 5.21 Å². The van der Waals surface area contributed by atoms with Crippen LogP contribution in [0.1, 0.15) is 69.4 Å². The van der Waals surface area contributed by atoms with Gasteiger partial charge in [-0.2, -0.15) is 0 Å². The van der Waals surface area contributed by atoms with Gasteiger partial charge >= 0.3 is 0 Å². The molecule has 0 amide bonds. The van der Waals surface area contributed by atoms with E-state index in [1.54, 1.807) is 12.1 Å². The van der Waals surface area contributed by atoms with Gasteiger partial charge in [0.25, 0.3) is 0 Å². The van der Waals surface area contributed by atoms with Gasteiger partial charge in [-0.05, 0) is 38.3 Å². The summed E-state index contributed by atoms with van der Waals surface area (Å²) in [5.74, 6) is 0.230. The van der Waals surface area contributed by atoms with Gasteiger partial charge in [-0.25, -0.2) is 0 Å². The van der Waals surface area contributed by atoms with Crippen LogP contribution in [0, 0.1) is 0 Å². The zero-order valence-corrected chi connectivity index (χ0v) is 13.6. The number of hydrogen-bond acceptors (Lipinski definition) is 2. The van der Waals surface area contributed by atoms with Gasteiger partial charge < -0.3 is 10.2 Å². The first-order valence-corrected chi connectivity index (χ1v) is 8.16. The zero-order chi connectivity index (χ0) is 16.3. The molecule has 114 valence electrons. The Labute approximate surface area is 136 Å². The van der Waals surface area contributed by atoms with Crippen molar-refractivity contribution in [3.05, 3.63) is 34.9 Å². The van der Waals surface area contributed by atoms with Crippen LogP contribution in [0.3, 0.4) is 0 Å². The molecule has 4 radical (unpaired) electrons. The second kappa shape index (κ2) is 6.85. The summed E-state index contributed by atoms with van der Waals surface area (Å²) in [7, 11) is 12.3. The van der Waals surface area contributed by atoms with Gasteiger partial charge in [-0.3, -0.25) is 0 Å². The van der Waals surface area contributed by atoms with Gasteiger partial charge in [-0.15, -0.1) is 0 Å². The fourth-order valence-corrected chi connectivity index (χ4v) is 3.22. The molecule has 2 N–H and O–H groups in total. The number of rotatable bonds is 5. The molecule has 1 atom stereocenters. The molecule has 22 heavy (non-hydrogen) atoms. The largest absolute Gasteiger partial charge is 0.507 e. The lowest BCUT2D eigenvalue weighted by molar-refractivity contribution is 0.426. The van der Waals surface area contributed by atoms with Crippen molar-refractivity contribution in [3.8, 4) is 11.5 Å². The smallest absolute Gasteiger partial charge is 0.123 e. The molecular weight excluding hydrogens is 270 g/mol. The number of benzene rings is 1. The van der Waals surface area contributed by atoms with Crippen molar-refractivity contribution >= 4 is 15.7 Å². The van der Waals surface area contributed by atoms with Gasteiger partial charge in [0.1, 0.15) is 11.5 Å². The van der Waals surface area contributed by atoms with Crippen LogP contribution in [-0.2, 0) is 5.21 Å². The van der Waals surface area contributed by atoms with Crippen molar-refractivity contribution < 1.29 is 10.2 Å². The molecule has 1 unspecified atom stereocenters. The molecular formula is C18H24B2O2. The zero-order valence-electron chi connectivity index (χ0n) is 13.6. The molecule has 0 saturated heterocycles. The lowest BCUT2D eigenvalue weighted by Gasteiger charge is -2.28. The van der Waals surface area contributed by atoms with Crippen LogP contribution < -0.4 is 0 Å². The van der Waals surface area contributed by atoms with Crippen molar-refractivity contribution in [2.75, 3.05) is 0 Å². The van der Waals surface area contributed by atoms with E-state index in [0.29, 0.717) is 17.5 Å². The van der Waals surface area contributed by atoms with Gasteiger partial charge in [0.2, 0.25) is 0 Å². The molecule has 0 heterocycles. The fraction of sp³-hybridized carbons (Fsp3) is 0.556. The second-order valence-electron chi connectivity index (χ2n) is 6.58. The van der Waals surface area contributed by atoms with Crippen molar-refractivity contribution in [2.24, 2.45) is 0 Å². The van der Waals surface area contributed by atoms with Crippen molar-refractivity contribution in [2.45, 2.75) is 63.5 Å². The van der Waals surface area contributed by atoms with E-state index in [-0.39, 0.29) is 17.4 Å². The first-order chi connectivity index (χ1) is 10.3. The van der Waals surface area contributed by atoms with E-state index >= 15 is 0 Å². The molecule has 1 aliphatic carbocycles. The van der Waals surface area contributed by atoms with E-state index in [0.717, 1.165) is 32.1 Å². The molecule has 0 aliphatic heterocycles. The van der Waals surface area contributed by atoms with E-state index in [2.05, 4.69) is 19.9 Å². The Balaban J connectivity index is 2.35. The van der Waals surface area contributed by atoms with E-state index in [1.165, 1.54) is 5.57 Å². The minimum Gasteiger partial charge on any atom is -0.507 e. The maximum atomic E-state index is 10.4. The lowest BCUT2D eigenvalue weighted by Crippen LogP contribution is -2.26. The van der Waals surface area contributed by atoms with Crippen LogP contribution in [0.15, 0.2) is 23.8 Å². The summed E-state index contributed by atoms with van der Waals surface area (Å²) in [6.45, 7) is 4.16. The molecule has 1 aromatic carbocycles. The van der Waals surface area contributed by atoms with Crippen LogP contribution >= 0.6 is 0 Å². The molecule has 2 nitrogen and oxygen atoms in total. The van der Waals surface area contributed by atoms with Crippen LogP contribution in [0.25, 0.3) is 0 Å². The Morgan fingerprint density at radius 2 is 1.86 bits per heavy atom. The third-order valence-corrected chi connectivity index (χ3v) is 4.56. The van der Waals surface area contributed by atoms with E-state index in [9.17, 15) is 10.2 Å². The SMILES string of the molecule is [B]C([B])(CCCC)c1cc(O)c(C2C=C(C)CCC2)c(O)c1. The van der Waals surface area contributed by atoms with E-state index in [1.807, 2.05) is 0 Å². The van der Waals surface area contributed by atoms with Gasteiger partial charge in [0.05, 0.1) is 15.7 Å². The van der Waals surface area contributed by atoms with E-state index in [4.69, 9.17) is 15.7 Å². The molecule has 0 saturated carbocycles. The Hall–Kier alpha value is -1.31. The van der Waals surface area contributed by atoms with Gasteiger partial charge in [-0.1, -0.05) is 48.6 Å². The Morgan fingerprint density at radius 3 is 2.41 bits per heavy atom. The monoisotopic (exact) mass is 294 g/mol. The van der Waals surface area contributed by atoms with Crippen molar-refractivity contribution in [3.63, 3.8) is 0 Å². The number of allylic oxidation sites excluding steroid dienone is 2. The molecule has 0 fully saturated rings. The third-order valence-electron chi connectivity index (χ3n) is 4.56. The molecule has 4 heteroatoms. The topological polar surface area (TPSA) is 40.5 Å². The number of hydrogen-bond donors (Lipinski definition) is 2. The van der Waals surface area contributed by atoms with Crippen molar-refractivity contribution in [1.82, 2.24) is 0 Å². The summed E-state index contributed by atoms with van der Waals surface area (Å²) in [6.07, 6.45) is 7.74. The van der Waals surface area contributed by atoms with Crippen LogP contribution in [0.5, 0.6) is 11.5 Å².